The molecule has 150 valence electrons. The number of hydrogen-bond donors (Lipinski definition) is 1. The number of hydrazone groups is 1. The summed E-state index contributed by atoms with van der Waals surface area (Å²) in [5, 5.41) is 6.98. The smallest absolute Gasteiger partial charge is 0.203 e. The molecule has 0 atom stereocenters. The van der Waals surface area contributed by atoms with Crippen molar-refractivity contribution in [2.24, 2.45) is 5.10 Å². The van der Waals surface area contributed by atoms with E-state index < -0.39 is 0 Å². The maximum atomic E-state index is 13.6. The standard InChI is InChI=1S/C24H20FN3OS/c1-17-6-10-19(11-7-17)23-16-30-24(27-23)28-26-14-18-8-12-21(13-9-18)29-15-20-4-2-3-5-22(20)25/h2-14,16H,15H2,1H3,(H,27,28)/b26-14+. The van der Waals surface area contributed by atoms with Gasteiger partial charge in [0.05, 0.1) is 11.9 Å². The van der Waals surface area contributed by atoms with Gasteiger partial charge >= 0.3 is 0 Å². The summed E-state index contributed by atoms with van der Waals surface area (Å²) in [4.78, 5) is 4.56. The number of thiazole rings is 1. The van der Waals surface area contributed by atoms with Crippen molar-refractivity contribution in [1.82, 2.24) is 4.98 Å². The maximum absolute atomic E-state index is 13.6. The molecule has 4 aromatic rings. The second-order valence-corrected chi connectivity index (χ2v) is 7.58. The minimum Gasteiger partial charge on any atom is -0.489 e. The molecule has 1 heterocycles. The van der Waals surface area contributed by atoms with E-state index in [0.29, 0.717) is 11.3 Å². The molecule has 4 nitrogen and oxygen atoms in total. The van der Waals surface area contributed by atoms with Crippen LogP contribution in [0.1, 0.15) is 16.7 Å². The van der Waals surface area contributed by atoms with Gasteiger partial charge in [-0.1, -0.05) is 48.0 Å². The zero-order chi connectivity index (χ0) is 20.8. The second kappa shape index (κ2) is 9.33. The van der Waals surface area contributed by atoms with Crippen molar-refractivity contribution in [3.63, 3.8) is 0 Å². The molecule has 0 unspecified atom stereocenters. The number of rotatable bonds is 7. The van der Waals surface area contributed by atoms with Crippen LogP contribution in [0.25, 0.3) is 11.3 Å². The lowest BCUT2D eigenvalue weighted by atomic mass is 10.1. The summed E-state index contributed by atoms with van der Waals surface area (Å²) in [6.07, 6.45) is 1.72. The molecule has 30 heavy (non-hydrogen) atoms. The summed E-state index contributed by atoms with van der Waals surface area (Å²) in [6, 6.07) is 22.3. The summed E-state index contributed by atoms with van der Waals surface area (Å²) in [5.74, 6) is 0.408. The number of anilines is 1. The second-order valence-electron chi connectivity index (χ2n) is 6.72. The molecule has 0 fully saturated rings. The molecular formula is C24H20FN3OS. The van der Waals surface area contributed by atoms with Gasteiger partial charge in [-0.3, -0.25) is 5.43 Å². The highest BCUT2D eigenvalue weighted by Gasteiger charge is 2.04. The third kappa shape index (κ3) is 5.10. The van der Waals surface area contributed by atoms with Crippen LogP contribution in [0, 0.1) is 12.7 Å². The Hall–Kier alpha value is -3.51. The lowest BCUT2D eigenvalue weighted by molar-refractivity contribution is 0.300. The molecule has 0 aliphatic carbocycles. The summed E-state index contributed by atoms with van der Waals surface area (Å²) in [7, 11) is 0. The van der Waals surface area contributed by atoms with Crippen LogP contribution in [-0.4, -0.2) is 11.2 Å². The lowest BCUT2D eigenvalue weighted by Gasteiger charge is -2.07. The van der Waals surface area contributed by atoms with Crippen LogP contribution in [0.2, 0.25) is 0 Å². The summed E-state index contributed by atoms with van der Waals surface area (Å²) in [5.41, 5.74) is 7.64. The van der Waals surface area contributed by atoms with Crippen LogP contribution in [0.5, 0.6) is 5.75 Å². The van der Waals surface area contributed by atoms with Crippen LogP contribution in [0.4, 0.5) is 9.52 Å². The number of nitrogens with one attached hydrogen (secondary N) is 1. The van der Waals surface area contributed by atoms with E-state index in [2.05, 4.69) is 46.7 Å². The molecule has 0 bridgehead atoms. The van der Waals surface area contributed by atoms with Gasteiger partial charge in [0.2, 0.25) is 5.13 Å². The number of benzene rings is 3. The Kier molecular flexibility index (Phi) is 6.15. The highest BCUT2D eigenvalue weighted by molar-refractivity contribution is 7.14. The third-order valence-electron chi connectivity index (χ3n) is 4.46. The third-order valence-corrected chi connectivity index (χ3v) is 5.20. The predicted octanol–water partition coefficient (Wildman–Crippen LogP) is 6.28. The molecule has 0 saturated heterocycles. The molecule has 1 N–H and O–H groups in total. The fourth-order valence-electron chi connectivity index (χ4n) is 2.77. The van der Waals surface area contributed by atoms with Crippen molar-refractivity contribution in [3.05, 3.63) is 101 Å². The van der Waals surface area contributed by atoms with Gasteiger partial charge in [0.1, 0.15) is 18.2 Å². The van der Waals surface area contributed by atoms with E-state index in [1.165, 1.54) is 23.0 Å². The van der Waals surface area contributed by atoms with Crippen LogP contribution < -0.4 is 10.2 Å². The summed E-state index contributed by atoms with van der Waals surface area (Å²) in [6.45, 7) is 2.25. The first kappa shape index (κ1) is 19.8. The molecule has 1 aromatic heterocycles. The fraction of sp³-hybridized carbons (Fsp3) is 0.0833. The zero-order valence-corrected chi connectivity index (χ0v) is 17.2. The Morgan fingerprint density at radius 1 is 1.03 bits per heavy atom. The highest BCUT2D eigenvalue weighted by Crippen LogP contribution is 2.25. The van der Waals surface area contributed by atoms with Crippen LogP contribution in [0.15, 0.2) is 83.3 Å². The first-order valence-corrected chi connectivity index (χ1v) is 10.3. The predicted molar refractivity (Wildman–Crippen MR) is 121 cm³/mol. The van der Waals surface area contributed by atoms with E-state index in [0.717, 1.165) is 22.0 Å². The molecule has 0 radical (unpaired) electrons. The van der Waals surface area contributed by atoms with Gasteiger partial charge in [0.15, 0.2) is 0 Å². The van der Waals surface area contributed by atoms with E-state index in [-0.39, 0.29) is 12.4 Å². The number of aromatic nitrogens is 1. The maximum Gasteiger partial charge on any atom is 0.203 e. The van der Waals surface area contributed by atoms with Crippen LogP contribution in [-0.2, 0) is 6.61 Å². The van der Waals surface area contributed by atoms with E-state index in [1.807, 2.05) is 29.6 Å². The minimum atomic E-state index is -0.264. The SMILES string of the molecule is Cc1ccc(-c2csc(N/N=C/c3ccc(OCc4ccccc4F)cc3)n2)cc1. The van der Waals surface area contributed by atoms with Gasteiger partial charge in [-0.25, -0.2) is 9.37 Å². The average Bonchev–Trinajstić information content (AvgIpc) is 3.23. The monoisotopic (exact) mass is 417 g/mol. The van der Waals surface area contributed by atoms with Gasteiger partial charge in [-0.15, -0.1) is 11.3 Å². The van der Waals surface area contributed by atoms with Crippen molar-refractivity contribution in [3.8, 4) is 17.0 Å². The molecule has 0 spiro atoms. The summed E-state index contributed by atoms with van der Waals surface area (Å²) < 4.78 is 19.3. The molecule has 0 amide bonds. The quantitative estimate of drug-likeness (QED) is 0.284. The first-order valence-electron chi connectivity index (χ1n) is 9.45. The van der Waals surface area contributed by atoms with E-state index in [1.54, 1.807) is 24.4 Å². The van der Waals surface area contributed by atoms with E-state index in [4.69, 9.17) is 4.74 Å². The van der Waals surface area contributed by atoms with Gasteiger partial charge in [0.25, 0.3) is 0 Å². The Morgan fingerprint density at radius 3 is 2.57 bits per heavy atom. The molecule has 0 aliphatic heterocycles. The molecular weight excluding hydrogens is 397 g/mol. The van der Waals surface area contributed by atoms with E-state index >= 15 is 0 Å². The Labute approximate surface area is 178 Å². The average molecular weight is 418 g/mol. The summed E-state index contributed by atoms with van der Waals surface area (Å²) >= 11 is 1.51. The topological polar surface area (TPSA) is 46.5 Å². The van der Waals surface area contributed by atoms with E-state index in [9.17, 15) is 4.39 Å². The van der Waals surface area contributed by atoms with Gasteiger partial charge in [-0.05, 0) is 42.8 Å². The molecule has 6 heteroatoms. The largest absolute Gasteiger partial charge is 0.489 e. The fourth-order valence-corrected chi connectivity index (χ4v) is 3.44. The molecule has 3 aromatic carbocycles. The lowest BCUT2D eigenvalue weighted by Crippen LogP contribution is -1.98. The minimum absolute atomic E-state index is 0.190. The molecule has 0 saturated carbocycles. The highest BCUT2D eigenvalue weighted by atomic mass is 32.1. The zero-order valence-electron chi connectivity index (χ0n) is 16.4. The molecule has 4 rings (SSSR count). The van der Waals surface area contributed by atoms with Crippen molar-refractivity contribution in [2.75, 3.05) is 5.43 Å². The van der Waals surface area contributed by atoms with Gasteiger partial charge in [0, 0.05) is 16.5 Å². The van der Waals surface area contributed by atoms with Gasteiger partial charge in [-0.2, -0.15) is 5.10 Å². The number of ether oxygens (including phenoxy) is 1. The van der Waals surface area contributed by atoms with Crippen molar-refractivity contribution in [2.45, 2.75) is 13.5 Å². The first-order chi connectivity index (χ1) is 14.7. The Bertz CT molecular complexity index is 1140. The normalized spacial score (nSPS) is 11.0. The van der Waals surface area contributed by atoms with Crippen LogP contribution >= 0.6 is 11.3 Å². The molecule has 0 aliphatic rings. The van der Waals surface area contributed by atoms with Gasteiger partial charge < -0.3 is 4.74 Å². The number of nitrogens with zero attached hydrogens (tertiary/aromatic N) is 2. The van der Waals surface area contributed by atoms with Crippen LogP contribution in [0.3, 0.4) is 0 Å². The van der Waals surface area contributed by atoms with Crippen molar-refractivity contribution >= 4 is 22.7 Å². The van der Waals surface area contributed by atoms with Crippen molar-refractivity contribution < 1.29 is 9.13 Å². The number of hydrogen-bond acceptors (Lipinski definition) is 5. The number of aryl methyl sites for hydroxylation is 1. The Balaban J connectivity index is 1.31. The Morgan fingerprint density at radius 2 is 1.80 bits per heavy atom. The van der Waals surface area contributed by atoms with Crippen molar-refractivity contribution in [1.29, 1.82) is 0 Å². The number of halogens is 1.